The summed E-state index contributed by atoms with van der Waals surface area (Å²) in [6.45, 7) is 5.12. The van der Waals surface area contributed by atoms with Gasteiger partial charge in [0.2, 0.25) is 0 Å². The van der Waals surface area contributed by atoms with Crippen LogP contribution in [0.1, 0.15) is 25.8 Å². The van der Waals surface area contributed by atoms with Crippen molar-refractivity contribution in [1.29, 1.82) is 0 Å². The third kappa shape index (κ3) is 3.00. The zero-order valence-electron chi connectivity index (χ0n) is 11.2. The van der Waals surface area contributed by atoms with E-state index < -0.39 is 10.0 Å². The van der Waals surface area contributed by atoms with Crippen molar-refractivity contribution < 1.29 is 13.2 Å². The molecule has 0 saturated carbocycles. The molecule has 0 amide bonds. The van der Waals surface area contributed by atoms with Crippen molar-refractivity contribution in [3.05, 3.63) is 17.0 Å². The molecule has 0 aromatic carbocycles. The first-order chi connectivity index (χ1) is 8.98. The summed E-state index contributed by atoms with van der Waals surface area (Å²) in [5, 5.41) is 1.80. The summed E-state index contributed by atoms with van der Waals surface area (Å²) in [6.07, 6.45) is 0.688. The zero-order valence-corrected chi connectivity index (χ0v) is 12.8. The van der Waals surface area contributed by atoms with Crippen LogP contribution in [-0.4, -0.2) is 38.0 Å². The van der Waals surface area contributed by atoms with Gasteiger partial charge in [0.1, 0.15) is 4.21 Å². The Hall–Kier alpha value is -0.470. The van der Waals surface area contributed by atoms with E-state index in [1.54, 1.807) is 15.8 Å². The average Bonchev–Trinajstić information content (AvgIpc) is 2.88. The van der Waals surface area contributed by atoms with Crippen molar-refractivity contribution in [1.82, 2.24) is 4.31 Å². The molecule has 0 aliphatic carbocycles. The zero-order chi connectivity index (χ0) is 14.0. The highest BCUT2D eigenvalue weighted by atomic mass is 32.2. The lowest BCUT2D eigenvalue weighted by Crippen LogP contribution is -2.50. The molecule has 2 rings (SSSR count). The van der Waals surface area contributed by atoms with Crippen LogP contribution in [-0.2, 0) is 21.3 Å². The first-order valence-electron chi connectivity index (χ1n) is 6.40. The summed E-state index contributed by atoms with van der Waals surface area (Å²) in [5.41, 5.74) is 6.40. The fraction of sp³-hybridized carbons (Fsp3) is 0.667. The van der Waals surface area contributed by atoms with Gasteiger partial charge in [-0.25, -0.2) is 8.42 Å². The highest BCUT2D eigenvalue weighted by molar-refractivity contribution is 7.91. The molecule has 2 unspecified atom stereocenters. The molecule has 1 aliphatic rings. The summed E-state index contributed by atoms with van der Waals surface area (Å²) in [7, 11) is -3.43. The Morgan fingerprint density at radius 2 is 2.32 bits per heavy atom. The third-order valence-electron chi connectivity index (χ3n) is 3.32. The largest absolute Gasteiger partial charge is 0.375 e. The molecule has 1 aromatic heterocycles. The molecule has 19 heavy (non-hydrogen) atoms. The molecule has 2 heterocycles. The molecular formula is C12H20N2O3S2. The van der Waals surface area contributed by atoms with Gasteiger partial charge in [0.15, 0.2) is 0 Å². The Balaban J connectivity index is 2.30. The average molecular weight is 304 g/mol. The minimum absolute atomic E-state index is 0.0634. The molecule has 0 spiro atoms. The number of ether oxygens (including phenoxy) is 1. The van der Waals surface area contributed by atoms with Gasteiger partial charge in [0.25, 0.3) is 10.0 Å². The van der Waals surface area contributed by atoms with Crippen LogP contribution in [0.2, 0.25) is 0 Å². The van der Waals surface area contributed by atoms with Crippen LogP contribution in [0.4, 0.5) is 0 Å². The molecule has 0 radical (unpaired) electrons. The van der Waals surface area contributed by atoms with E-state index in [4.69, 9.17) is 10.5 Å². The lowest BCUT2D eigenvalue weighted by molar-refractivity contribution is -0.0229. The first-order valence-corrected chi connectivity index (χ1v) is 8.72. The van der Waals surface area contributed by atoms with Crippen molar-refractivity contribution in [2.45, 2.75) is 43.2 Å². The summed E-state index contributed by atoms with van der Waals surface area (Å²) >= 11 is 1.24. The van der Waals surface area contributed by atoms with E-state index in [1.165, 1.54) is 11.3 Å². The van der Waals surface area contributed by atoms with Crippen molar-refractivity contribution in [2.24, 2.45) is 5.73 Å². The van der Waals surface area contributed by atoms with E-state index in [-0.39, 0.29) is 12.1 Å². The number of morpholine rings is 1. The van der Waals surface area contributed by atoms with Gasteiger partial charge in [0, 0.05) is 19.1 Å². The second-order valence-corrected chi connectivity index (χ2v) is 7.79. The highest BCUT2D eigenvalue weighted by Gasteiger charge is 2.36. The number of hydrogen-bond acceptors (Lipinski definition) is 5. The van der Waals surface area contributed by atoms with Gasteiger partial charge in [-0.05, 0) is 30.4 Å². The molecule has 5 nitrogen and oxygen atoms in total. The smallest absolute Gasteiger partial charge is 0.252 e. The molecule has 1 aliphatic heterocycles. The standard InChI is InChI=1S/C12H20N2O3S2/c1-3-11-7-17-9(2)6-14(11)19(15,16)12-4-10(5-13)8-18-12/h4,8-9,11H,3,5-7,13H2,1-2H3. The van der Waals surface area contributed by atoms with Gasteiger partial charge in [-0.1, -0.05) is 6.92 Å². The van der Waals surface area contributed by atoms with Gasteiger partial charge < -0.3 is 10.5 Å². The summed E-state index contributed by atoms with van der Waals surface area (Å²) in [4.78, 5) is 0. The SMILES string of the molecule is CCC1COC(C)CN1S(=O)(=O)c1cc(CN)cs1. The molecule has 108 valence electrons. The predicted octanol–water partition coefficient (Wildman–Crippen LogP) is 1.39. The third-order valence-corrected chi connectivity index (χ3v) is 6.70. The molecule has 2 atom stereocenters. The Labute approximate surface area is 118 Å². The lowest BCUT2D eigenvalue weighted by Gasteiger charge is -2.36. The fourth-order valence-corrected chi connectivity index (χ4v) is 5.25. The predicted molar refractivity (Wildman–Crippen MR) is 75.6 cm³/mol. The van der Waals surface area contributed by atoms with Crippen LogP contribution in [0.3, 0.4) is 0 Å². The maximum Gasteiger partial charge on any atom is 0.252 e. The Morgan fingerprint density at radius 3 is 2.89 bits per heavy atom. The molecule has 1 fully saturated rings. The number of nitrogens with zero attached hydrogens (tertiary/aromatic N) is 1. The molecule has 7 heteroatoms. The van der Waals surface area contributed by atoms with Gasteiger partial charge in [-0.15, -0.1) is 11.3 Å². The number of sulfonamides is 1. The van der Waals surface area contributed by atoms with Crippen molar-refractivity contribution in [3.8, 4) is 0 Å². The normalized spacial score (nSPS) is 25.6. The summed E-state index contributed by atoms with van der Waals surface area (Å²) < 4.78 is 32.8. The van der Waals surface area contributed by atoms with Crippen molar-refractivity contribution in [2.75, 3.05) is 13.2 Å². The minimum atomic E-state index is -3.43. The van der Waals surface area contributed by atoms with E-state index in [0.717, 1.165) is 12.0 Å². The van der Waals surface area contributed by atoms with E-state index in [0.29, 0.717) is 23.9 Å². The number of nitrogens with two attached hydrogens (primary N) is 1. The van der Waals surface area contributed by atoms with Gasteiger partial charge in [-0.3, -0.25) is 0 Å². The van der Waals surface area contributed by atoms with Gasteiger partial charge >= 0.3 is 0 Å². The van der Waals surface area contributed by atoms with Crippen LogP contribution in [0.25, 0.3) is 0 Å². The Bertz CT molecular complexity index is 527. The van der Waals surface area contributed by atoms with Gasteiger partial charge in [0.05, 0.1) is 12.7 Å². The van der Waals surface area contributed by atoms with Crippen molar-refractivity contribution in [3.63, 3.8) is 0 Å². The second-order valence-electron chi connectivity index (χ2n) is 4.76. The summed E-state index contributed by atoms with van der Waals surface area (Å²) in [6, 6.07) is 1.59. The maximum atomic E-state index is 12.7. The number of thiophene rings is 1. The Kier molecular flexibility index (Phi) is 4.62. The lowest BCUT2D eigenvalue weighted by atomic mass is 10.2. The molecular weight excluding hydrogens is 284 g/mol. The number of rotatable bonds is 4. The van der Waals surface area contributed by atoms with E-state index in [2.05, 4.69) is 0 Å². The van der Waals surface area contributed by atoms with E-state index in [9.17, 15) is 8.42 Å². The highest BCUT2D eigenvalue weighted by Crippen LogP contribution is 2.28. The molecule has 1 aromatic rings. The minimum Gasteiger partial charge on any atom is -0.375 e. The van der Waals surface area contributed by atoms with Crippen molar-refractivity contribution >= 4 is 21.4 Å². The fourth-order valence-electron chi connectivity index (χ4n) is 2.14. The second kappa shape index (κ2) is 5.88. The van der Waals surface area contributed by atoms with E-state index >= 15 is 0 Å². The molecule has 1 saturated heterocycles. The van der Waals surface area contributed by atoms with E-state index in [1.807, 2.05) is 13.8 Å². The quantitative estimate of drug-likeness (QED) is 0.912. The Morgan fingerprint density at radius 1 is 1.58 bits per heavy atom. The van der Waals surface area contributed by atoms with Crippen LogP contribution in [0.5, 0.6) is 0 Å². The molecule has 2 N–H and O–H groups in total. The molecule has 0 bridgehead atoms. The monoisotopic (exact) mass is 304 g/mol. The van der Waals surface area contributed by atoms with Crippen LogP contribution in [0.15, 0.2) is 15.7 Å². The summed E-state index contributed by atoms with van der Waals surface area (Å²) in [5.74, 6) is 0. The van der Waals surface area contributed by atoms with Crippen LogP contribution in [0, 0.1) is 0 Å². The maximum absolute atomic E-state index is 12.7. The van der Waals surface area contributed by atoms with Crippen LogP contribution >= 0.6 is 11.3 Å². The first kappa shape index (κ1) is 14.9. The topological polar surface area (TPSA) is 72.6 Å². The number of hydrogen-bond donors (Lipinski definition) is 1. The van der Waals surface area contributed by atoms with Gasteiger partial charge in [-0.2, -0.15) is 4.31 Å². The van der Waals surface area contributed by atoms with Crippen LogP contribution < -0.4 is 5.73 Å².